The molecule has 43 nitrogen and oxygen atoms in total. The summed E-state index contributed by atoms with van der Waals surface area (Å²) in [6.45, 7) is 7.99. The second-order valence-corrected chi connectivity index (χ2v) is 28.8. The third-order valence-corrected chi connectivity index (χ3v) is 18.7. The first-order valence-electron chi connectivity index (χ1n) is 37.8. The molecule has 0 bridgehead atoms. The number of nitrogens with one attached hydrogen (secondary N) is 13. The number of hydrogen-bond acceptors (Lipinski definition) is 23. The lowest BCUT2D eigenvalue weighted by molar-refractivity contribution is -0.159. The van der Waals surface area contributed by atoms with Crippen molar-refractivity contribution < 1.29 is 126 Å². The molecule has 1 saturated heterocycles. The molecule has 2 heterocycles. The first-order valence-corrected chi connectivity index (χ1v) is 37.8. The summed E-state index contributed by atoms with van der Waals surface area (Å²) in [4.78, 5) is 278. The summed E-state index contributed by atoms with van der Waals surface area (Å²) < 4.78 is 10.8. The predicted octanol–water partition coefficient (Wildman–Crippen LogP) is -4.94. The number of carbonyl (C=O) groups is 20. The maximum Gasteiger partial charge on any atom is 0.335 e. The number of nitrogens with two attached hydrogens (primary N) is 3. The van der Waals surface area contributed by atoms with Crippen LogP contribution < -0.4 is 81.0 Å². The summed E-state index contributed by atoms with van der Waals surface area (Å²) in [6, 6.07) is -14.7. The Morgan fingerprint density at radius 1 is 0.595 bits per heavy atom. The molecular weight excluding hydrogens is 1530 g/mol. The number of hydrogen-bond donors (Lipinski definition) is 20. The number of rotatable bonds is 37. The van der Waals surface area contributed by atoms with Gasteiger partial charge in [-0.1, -0.05) is 84.9 Å². The van der Waals surface area contributed by atoms with Crippen LogP contribution in [0.4, 0.5) is 0 Å². The summed E-state index contributed by atoms with van der Waals surface area (Å²) in [6.07, 6.45) is -4.96. The van der Waals surface area contributed by atoms with Gasteiger partial charge < -0.3 is 121 Å². The summed E-state index contributed by atoms with van der Waals surface area (Å²) in [5.41, 5.74) is 18.0. The van der Waals surface area contributed by atoms with Crippen molar-refractivity contribution >= 4 is 129 Å². The molecule has 3 rings (SSSR count). The van der Waals surface area contributed by atoms with Crippen LogP contribution >= 0.6 is 0 Å². The van der Waals surface area contributed by atoms with Crippen LogP contribution in [0, 0.1) is 17.8 Å². The maximum absolute atomic E-state index is 15.0. The number of esters is 1. The number of benzene rings is 1. The molecule has 1 aliphatic heterocycles. The quantitative estimate of drug-likeness (QED) is 0.0223. The highest BCUT2D eigenvalue weighted by Crippen LogP contribution is 2.22. The number of nitrogens with zero attached hydrogens (tertiary/aromatic N) is 1. The summed E-state index contributed by atoms with van der Waals surface area (Å²) in [5.74, 6) is -29.2. The molecule has 15 unspecified atom stereocenters. The van der Waals surface area contributed by atoms with Crippen LogP contribution in [-0.2, 0) is 112 Å². The van der Waals surface area contributed by atoms with E-state index in [0.717, 1.165) is 54.2 Å². The number of para-hydroxylation sites is 1. The number of carboxylic acid groups (broad SMARTS) is 4. The van der Waals surface area contributed by atoms with E-state index in [1.54, 1.807) is 30.5 Å². The number of aromatic nitrogens is 1. The molecule has 644 valence electrons. The van der Waals surface area contributed by atoms with E-state index in [4.69, 9.17) is 26.7 Å². The zero-order valence-corrected chi connectivity index (χ0v) is 66.2. The van der Waals surface area contributed by atoms with Crippen molar-refractivity contribution in [2.75, 3.05) is 33.8 Å². The molecule has 0 radical (unpaired) electrons. The molecule has 1 fully saturated rings. The van der Waals surface area contributed by atoms with Gasteiger partial charge in [-0.2, -0.15) is 0 Å². The molecule has 23 N–H and O–H groups in total. The van der Waals surface area contributed by atoms with Crippen molar-refractivity contribution in [3.8, 4) is 0 Å². The van der Waals surface area contributed by atoms with Crippen LogP contribution in [0.1, 0.15) is 157 Å². The first-order chi connectivity index (χ1) is 54.5. The van der Waals surface area contributed by atoms with Crippen molar-refractivity contribution in [3.05, 3.63) is 36.0 Å². The zero-order chi connectivity index (χ0) is 87.4. The van der Waals surface area contributed by atoms with Gasteiger partial charge in [-0.15, -0.1) is 0 Å². The van der Waals surface area contributed by atoms with Crippen LogP contribution in [0.2, 0.25) is 0 Å². The van der Waals surface area contributed by atoms with E-state index < -0.39 is 261 Å². The van der Waals surface area contributed by atoms with Crippen LogP contribution in [-0.4, -0.2) is 261 Å². The summed E-state index contributed by atoms with van der Waals surface area (Å²) >= 11 is 0. The van der Waals surface area contributed by atoms with Gasteiger partial charge in [0.25, 0.3) is 0 Å². The third kappa shape index (κ3) is 33.6. The lowest BCUT2D eigenvalue weighted by Gasteiger charge is -2.32. The standard InChI is InChI=1S/C73H111N17O26/c1-10-36(4)58-73(114)116-39(7)59(88-68(108)47(30-50(76)92)85-63(103)44(24-25-54(96)97)83-65(105)45(28-40-32-77-42-21-16-15-20-41(40)42)80-51(93)23-14-12-11-13-19-35(2)3)71(111)90(8)34-53(95)79-38(6)62(102)84-48(31-56(100)101)66(106)82-43(22-17-18-26-74)64(104)89-60(61(115-9)72(112)113)69(109)78-33-52(94)81-46(29-49(75)91)67(107)86-57(70(110)87-58)37(5)27-55(98)99/h15-16,20-21,32,35-39,43-48,57-61,77H,10-14,17-19,22-31,33-34,74H2,1-9H3,(H2,75,91)(H2,76,92)(H,78,109)(H,79,95)(H,80,93)(H,81,94)(H,82,106)(H,83,105)(H,84,102)(H,85,103)(H,86,107)(H,87,110)(H,88,108)(H,89,104)(H,96,97)(H,98,99)(H,100,101)(H,112,113). The minimum atomic E-state index is -2.30. The number of fused-ring (bicyclic) bond motifs is 1. The molecule has 0 spiro atoms. The normalized spacial score (nSPS) is 21.9. The topological polar surface area (TPSA) is 682 Å². The fourth-order valence-electron chi connectivity index (χ4n) is 12.1. The molecule has 0 saturated carbocycles. The molecule has 1 aromatic carbocycles. The van der Waals surface area contributed by atoms with Crippen LogP contribution in [0.25, 0.3) is 10.9 Å². The summed E-state index contributed by atoms with van der Waals surface area (Å²) in [5, 5.41) is 67.6. The highest BCUT2D eigenvalue weighted by molar-refractivity contribution is 6.02. The number of H-pyrrole nitrogens is 1. The van der Waals surface area contributed by atoms with E-state index >= 15 is 0 Å². The van der Waals surface area contributed by atoms with Gasteiger partial charge in [0.1, 0.15) is 72.6 Å². The van der Waals surface area contributed by atoms with E-state index in [0.29, 0.717) is 40.1 Å². The SMILES string of the molecule is CCC(C)C1NC(=O)C(C(C)CC(=O)O)NC(=O)C(CC(N)=O)NC(=O)CNC(=O)C(C(OC)C(=O)O)NC(=O)C(CCCCN)NC(=O)C(CC(=O)O)NC(=O)C(C)NC(=O)CN(C)C(=O)C(NC(=O)C(CC(N)=O)NC(=O)C(CCC(=O)O)NC(=O)C(Cc2c[nH]c3ccccc23)NC(=O)CCCCCCC(C)C)C(C)OC1=O. The third-order valence-electron chi connectivity index (χ3n) is 18.7. The fourth-order valence-corrected chi connectivity index (χ4v) is 12.1. The molecule has 43 heteroatoms. The van der Waals surface area contributed by atoms with Gasteiger partial charge in [0.05, 0.1) is 38.8 Å². The maximum atomic E-state index is 15.0. The molecule has 15 amide bonds. The highest BCUT2D eigenvalue weighted by atomic mass is 16.5. The Hall–Kier alpha value is -11.9. The van der Waals surface area contributed by atoms with Crippen molar-refractivity contribution in [2.24, 2.45) is 35.0 Å². The van der Waals surface area contributed by atoms with Crippen molar-refractivity contribution in [1.29, 1.82) is 0 Å². The Morgan fingerprint density at radius 3 is 1.80 bits per heavy atom. The zero-order valence-electron chi connectivity index (χ0n) is 66.2. The number of primary amides is 2. The largest absolute Gasteiger partial charge is 0.481 e. The average Bonchev–Trinajstić information content (AvgIpc) is 1.71. The molecule has 1 aromatic heterocycles. The number of cyclic esters (lactones) is 1. The Balaban J connectivity index is 2.28. The second kappa shape index (κ2) is 49.0. The van der Waals surface area contributed by atoms with Gasteiger partial charge >= 0.3 is 29.8 Å². The summed E-state index contributed by atoms with van der Waals surface area (Å²) in [7, 11) is 1.75. The monoisotopic (exact) mass is 1640 g/mol. The minimum absolute atomic E-state index is 0.00139. The van der Waals surface area contributed by atoms with Crippen molar-refractivity contribution in [2.45, 2.75) is 236 Å². The Labute approximate surface area is 667 Å². The first kappa shape index (κ1) is 98.3. The minimum Gasteiger partial charge on any atom is -0.481 e. The van der Waals surface area contributed by atoms with E-state index in [1.165, 1.54) is 13.8 Å². The second-order valence-electron chi connectivity index (χ2n) is 28.8. The molecule has 2 aromatic rings. The lowest BCUT2D eigenvalue weighted by Crippen LogP contribution is -2.62. The number of aliphatic carboxylic acids is 4. The smallest absolute Gasteiger partial charge is 0.335 e. The highest BCUT2D eigenvalue weighted by Gasteiger charge is 2.43. The Morgan fingerprint density at radius 2 is 1.20 bits per heavy atom. The van der Waals surface area contributed by atoms with E-state index in [2.05, 4.69) is 77.3 Å². The van der Waals surface area contributed by atoms with Gasteiger partial charge in [-0.25, -0.2) is 9.59 Å². The number of ether oxygens (including phenoxy) is 2. The number of unbranched alkanes of at least 4 members (excludes halogenated alkanes) is 4. The van der Waals surface area contributed by atoms with E-state index in [-0.39, 0.29) is 45.1 Å². The Kier molecular flexibility index (Phi) is 41.5. The number of methoxy groups -OCH3 is 1. The van der Waals surface area contributed by atoms with E-state index in [9.17, 15) is 116 Å². The van der Waals surface area contributed by atoms with Gasteiger partial charge in [-0.05, 0) is 81.9 Å². The van der Waals surface area contributed by atoms with Crippen molar-refractivity contribution in [1.82, 2.24) is 73.7 Å². The predicted molar refractivity (Wildman–Crippen MR) is 407 cm³/mol. The van der Waals surface area contributed by atoms with Crippen LogP contribution in [0.15, 0.2) is 30.5 Å². The van der Waals surface area contributed by atoms with Gasteiger partial charge in [0.15, 0.2) is 6.10 Å². The molecule has 1 aliphatic rings. The van der Waals surface area contributed by atoms with E-state index in [1.807, 2.05) is 5.32 Å². The fraction of sp³-hybridized carbons (Fsp3) is 0.616. The van der Waals surface area contributed by atoms with Gasteiger partial charge in [0, 0.05) is 50.5 Å². The molecular formula is C73H111N17O26. The molecule has 116 heavy (non-hydrogen) atoms. The van der Waals surface area contributed by atoms with Crippen LogP contribution in [0.5, 0.6) is 0 Å². The Bertz CT molecular complexity index is 3850. The molecule has 0 aliphatic carbocycles. The van der Waals surface area contributed by atoms with Gasteiger partial charge in [0.2, 0.25) is 88.6 Å². The number of amides is 15. The number of aromatic amines is 1. The number of carbonyl (C=O) groups excluding carboxylic acids is 16. The van der Waals surface area contributed by atoms with Crippen LogP contribution in [0.3, 0.4) is 0 Å². The molecule has 15 atom stereocenters. The van der Waals surface area contributed by atoms with Crippen molar-refractivity contribution in [3.63, 3.8) is 0 Å². The lowest BCUT2D eigenvalue weighted by atomic mass is 9.94. The van der Waals surface area contributed by atoms with Gasteiger partial charge in [-0.3, -0.25) is 86.3 Å². The number of likely N-dealkylation sites (N-methyl/N-ethyl adjacent to an activating group) is 1. The number of carboxylic acids is 4. The average molecular weight is 1640 g/mol.